The van der Waals surface area contributed by atoms with Crippen molar-refractivity contribution in [3.8, 4) is 5.75 Å². The number of esters is 1. The van der Waals surface area contributed by atoms with E-state index in [4.69, 9.17) is 9.47 Å². The number of ketones is 1. The number of benzene rings is 2. The fourth-order valence-electron chi connectivity index (χ4n) is 2.97. The molecule has 1 heterocycles. The zero-order valence-corrected chi connectivity index (χ0v) is 15.6. The lowest BCUT2D eigenvalue weighted by Gasteiger charge is -2.13. The van der Waals surface area contributed by atoms with Gasteiger partial charge in [-0.25, -0.2) is 4.39 Å². The van der Waals surface area contributed by atoms with Gasteiger partial charge in [-0.05, 0) is 36.8 Å². The summed E-state index contributed by atoms with van der Waals surface area (Å²) < 4.78 is 23.3. The summed E-state index contributed by atoms with van der Waals surface area (Å²) in [6.07, 6.45) is 0.132. The van der Waals surface area contributed by atoms with Gasteiger partial charge in [-0.3, -0.25) is 24.1 Å². The number of rotatable bonds is 8. The molecule has 0 bridgehead atoms. The quantitative estimate of drug-likeness (QED) is 0.385. The summed E-state index contributed by atoms with van der Waals surface area (Å²) in [7, 11) is 1.31. The first-order chi connectivity index (χ1) is 13.9. The largest absolute Gasteiger partial charge is 0.494 e. The normalized spacial score (nSPS) is 12.7. The first-order valence-corrected chi connectivity index (χ1v) is 8.90. The first kappa shape index (κ1) is 20.2. The average Bonchev–Trinajstić information content (AvgIpc) is 2.97. The molecule has 2 aromatic rings. The summed E-state index contributed by atoms with van der Waals surface area (Å²) in [6, 6.07) is 10.2. The van der Waals surface area contributed by atoms with Crippen molar-refractivity contribution in [2.45, 2.75) is 12.8 Å². The summed E-state index contributed by atoms with van der Waals surface area (Å²) in [6.45, 7) is -0.462. The van der Waals surface area contributed by atoms with E-state index < -0.39 is 36.0 Å². The van der Waals surface area contributed by atoms with Crippen molar-refractivity contribution < 1.29 is 33.0 Å². The third-order valence-electron chi connectivity index (χ3n) is 4.48. The highest BCUT2D eigenvalue weighted by Crippen LogP contribution is 2.22. The molecular formula is C21H18FNO6. The number of hydrogen-bond donors (Lipinski definition) is 0. The zero-order chi connectivity index (χ0) is 21.0. The van der Waals surface area contributed by atoms with Gasteiger partial charge in [-0.15, -0.1) is 0 Å². The van der Waals surface area contributed by atoms with Crippen LogP contribution in [0.1, 0.15) is 43.9 Å². The number of hydrogen-bond acceptors (Lipinski definition) is 6. The van der Waals surface area contributed by atoms with Crippen molar-refractivity contribution in [1.29, 1.82) is 0 Å². The van der Waals surface area contributed by atoms with Crippen molar-refractivity contribution in [3.05, 3.63) is 65.0 Å². The topological polar surface area (TPSA) is 90.0 Å². The smallest absolute Gasteiger partial charge is 0.306 e. The Hall–Kier alpha value is -3.55. The highest BCUT2D eigenvalue weighted by Gasteiger charge is 2.34. The van der Waals surface area contributed by atoms with Crippen LogP contribution in [-0.2, 0) is 9.53 Å². The van der Waals surface area contributed by atoms with Gasteiger partial charge in [0.15, 0.2) is 24.0 Å². The van der Waals surface area contributed by atoms with Crippen molar-refractivity contribution in [1.82, 2.24) is 4.90 Å². The second-order valence-electron chi connectivity index (χ2n) is 6.34. The van der Waals surface area contributed by atoms with E-state index in [-0.39, 0.29) is 30.7 Å². The van der Waals surface area contributed by atoms with E-state index in [9.17, 15) is 23.6 Å². The Morgan fingerprint density at radius 3 is 2.28 bits per heavy atom. The SMILES string of the molecule is COc1ccc(C(=O)COC(=O)CCCN2C(=O)c3ccccc3C2=O)cc1F. The van der Waals surface area contributed by atoms with Crippen LogP contribution in [0.4, 0.5) is 4.39 Å². The van der Waals surface area contributed by atoms with E-state index in [0.717, 1.165) is 11.0 Å². The number of ether oxygens (including phenoxy) is 2. The van der Waals surface area contributed by atoms with E-state index in [1.54, 1.807) is 24.3 Å². The molecule has 0 unspecified atom stereocenters. The molecule has 0 atom stereocenters. The van der Waals surface area contributed by atoms with Gasteiger partial charge in [0.1, 0.15) is 0 Å². The van der Waals surface area contributed by atoms with Gasteiger partial charge in [0.25, 0.3) is 11.8 Å². The van der Waals surface area contributed by atoms with Crippen LogP contribution in [0, 0.1) is 5.82 Å². The molecule has 0 fully saturated rings. The van der Waals surface area contributed by atoms with Crippen molar-refractivity contribution in [2.24, 2.45) is 0 Å². The Balaban J connectivity index is 1.45. The summed E-state index contributed by atoms with van der Waals surface area (Å²) in [5.41, 5.74) is 0.747. The van der Waals surface area contributed by atoms with Crippen LogP contribution >= 0.6 is 0 Å². The summed E-state index contributed by atoms with van der Waals surface area (Å²) >= 11 is 0. The number of fused-ring (bicyclic) bond motifs is 1. The Morgan fingerprint density at radius 2 is 1.69 bits per heavy atom. The molecule has 150 valence electrons. The highest BCUT2D eigenvalue weighted by atomic mass is 19.1. The second-order valence-corrected chi connectivity index (χ2v) is 6.34. The van der Waals surface area contributed by atoms with Crippen molar-refractivity contribution in [3.63, 3.8) is 0 Å². The highest BCUT2D eigenvalue weighted by molar-refractivity contribution is 6.21. The molecule has 29 heavy (non-hydrogen) atoms. The maximum absolute atomic E-state index is 13.6. The molecular weight excluding hydrogens is 381 g/mol. The van der Waals surface area contributed by atoms with E-state index in [2.05, 4.69) is 0 Å². The number of Topliss-reactive ketones (excluding diaryl/α,β-unsaturated/α-hetero) is 1. The maximum atomic E-state index is 13.6. The van der Waals surface area contributed by atoms with Crippen LogP contribution < -0.4 is 4.74 Å². The molecule has 1 aliphatic rings. The molecule has 1 aliphatic heterocycles. The predicted molar refractivity (Wildman–Crippen MR) is 99.3 cm³/mol. The minimum absolute atomic E-state index is 0.00621. The second kappa shape index (κ2) is 8.64. The lowest BCUT2D eigenvalue weighted by Crippen LogP contribution is -2.31. The number of imide groups is 1. The number of carbonyl (C=O) groups is 4. The molecule has 2 amide bonds. The fourth-order valence-corrected chi connectivity index (χ4v) is 2.97. The number of halogens is 1. The molecule has 0 aliphatic carbocycles. The number of nitrogens with zero attached hydrogens (tertiary/aromatic N) is 1. The van der Waals surface area contributed by atoms with Crippen LogP contribution in [0.15, 0.2) is 42.5 Å². The van der Waals surface area contributed by atoms with E-state index in [0.29, 0.717) is 11.1 Å². The molecule has 2 aromatic carbocycles. The molecule has 7 nitrogen and oxygen atoms in total. The third kappa shape index (κ3) is 4.31. The van der Waals surface area contributed by atoms with Gasteiger partial charge in [-0.1, -0.05) is 12.1 Å². The fraction of sp³-hybridized carbons (Fsp3) is 0.238. The Labute approximate surface area is 166 Å². The maximum Gasteiger partial charge on any atom is 0.306 e. The number of amides is 2. The number of methoxy groups -OCH3 is 1. The van der Waals surface area contributed by atoms with Gasteiger partial charge in [0.2, 0.25) is 0 Å². The molecule has 0 saturated carbocycles. The van der Waals surface area contributed by atoms with Crippen molar-refractivity contribution >= 4 is 23.6 Å². The van der Waals surface area contributed by atoms with Crippen LogP contribution in [0.3, 0.4) is 0 Å². The van der Waals surface area contributed by atoms with Gasteiger partial charge >= 0.3 is 5.97 Å². The van der Waals surface area contributed by atoms with E-state index in [1.807, 2.05) is 0 Å². The Morgan fingerprint density at radius 1 is 1.03 bits per heavy atom. The predicted octanol–water partition coefficient (Wildman–Crippen LogP) is 2.64. The third-order valence-corrected chi connectivity index (χ3v) is 4.48. The molecule has 0 aromatic heterocycles. The van der Waals surface area contributed by atoms with Gasteiger partial charge in [-0.2, -0.15) is 0 Å². The summed E-state index contributed by atoms with van der Waals surface area (Å²) in [4.78, 5) is 49.4. The molecule has 0 spiro atoms. The monoisotopic (exact) mass is 399 g/mol. The van der Waals surface area contributed by atoms with Crippen LogP contribution in [0.5, 0.6) is 5.75 Å². The van der Waals surface area contributed by atoms with Gasteiger partial charge < -0.3 is 9.47 Å². The van der Waals surface area contributed by atoms with Crippen LogP contribution in [0.25, 0.3) is 0 Å². The lowest BCUT2D eigenvalue weighted by molar-refractivity contribution is -0.142. The molecule has 0 saturated heterocycles. The number of carbonyl (C=O) groups excluding carboxylic acids is 4. The van der Waals surface area contributed by atoms with Gasteiger partial charge in [0, 0.05) is 18.5 Å². The Kier molecular flexibility index (Phi) is 6.01. The molecule has 3 rings (SSSR count). The molecule has 0 radical (unpaired) electrons. The first-order valence-electron chi connectivity index (χ1n) is 8.90. The zero-order valence-electron chi connectivity index (χ0n) is 15.6. The minimum Gasteiger partial charge on any atom is -0.494 e. The summed E-state index contributed by atoms with van der Waals surface area (Å²) in [5.74, 6) is -2.67. The van der Waals surface area contributed by atoms with Crippen LogP contribution in [-0.4, -0.2) is 48.7 Å². The lowest BCUT2D eigenvalue weighted by atomic mass is 10.1. The van der Waals surface area contributed by atoms with E-state index in [1.165, 1.54) is 19.2 Å². The average molecular weight is 399 g/mol. The standard InChI is InChI=1S/C21H18FNO6/c1-28-18-9-8-13(11-16(18)22)17(24)12-29-19(25)7-4-10-23-20(26)14-5-2-3-6-15(14)21(23)27/h2-3,5-6,8-9,11H,4,7,10,12H2,1H3. The summed E-state index contributed by atoms with van der Waals surface area (Å²) in [5, 5.41) is 0. The Bertz CT molecular complexity index is 952. The van der Waals surface area contributed by atoms with Gasteiger partial charge in [0.05, 0.1) is 18.2 Å². The van der Waals surface area contributed by atoms with Crippen molar-refractivity contribution in [2.75, 3.05) is 20.3 Å². The minimum atomic E-state index is -0.689. The van der Waals surface area contributed by atoms with Crippen LogP contribution in [0.2, 0.25) is 0 Å². The molecule has 8 heteroatoms. The molecule has 0 N–H and O–H groups in total. The van der Waals surface area contributed by atoms with E-state index >= 15 is 0 Å².